The Morgan fingerprint density at radius 1 is 0.921 bits per heavy atom. The molecule has 1 atom stereocenters. The van der Waals surface area contributed by atoms with Gasteiger partial charge < -0.3 is 4.42 Å². The molecule has 0 fully saturated rings. The summed E-state index contributed by atoms with van der Waals surface area (Å²) in [5.41, 5.74) is 6.38. The van der Waals surface area contributed by atoms with Crippen molar-refractivity contribution in [1.29, 1.82) is 0 Å². The van der Waals surface area contributed by atoms with Crippen molar-refractivity contribution >= 4 is 46.3 Å². The van der Waals surface area contributed by atoms with Gasteiger partial charge in [-0.2, -0.15) is 0 Å². The van der Waals surface area contributed by atoms with Crippen LogP contribution in [0.25, 0.3) is 23.1 Å². The van der Waals surface area contributed by atoms with Crippen LogP contribution in [0.1, 0.15) is 34.9 Å². The molecule has 4 nitrogen and oxygen atoms in total. The zero-order valence-electron chi connectivity index (χ0n) is 20.0. The summed E-state index contributed by atoms with van der Waals surface area (Å²) in [6.45, 7) is 0. The van der Waals surface area contributed by atoms with Gasteiger partial charge in [-0.15, -0.1) is 0 Å². The first-order valence-corrected chi connectivity index (χ1v) is 13.9. The van der Waals surface area contributed by atoms with E-state index in [0.717, 1.165) is 35.2 Å². The molecule has 5 aromatic rings. The molecule has 2 aliphatic rings. The van der Waals surface area contributed by atoms with Crippen molar-refractivity contribution < 1.29 is 4.42 Å². The second-order valence-corrected chi connectivity index (χ2v) is 11.2. The van der Waals surface area contributed by atoms with Gasteiger partial charge >= 0.3 is 0 Å². The molecule has 0 saturated carbocycles. The van der Waals surface area contributed by atoms with Crippen molar-refractivity contribution in [3.05, 3.63) is 143 Å². The van der Waals surface area contributed by atoms with Crippen LogP contribution in [0.2, 0.25) is 10.0 Å². The summed E-state index contributed by atoms with van der Waals surface area (Å²) in [6, 6.07) is 27.4. The minimum atomic E-state index is -0.196. The molecule has 7 rings (SSSR count). The maximum atomic E-state index is 13.9. The highest BCUT2D eigenvalue weighted by molar-refractivity contribution is 7.07. The average Bonchev–Trinajstić information content (AvgIpc) is 3.52. The Morgan fingerprint density at radius 3 is 2.58 bits per heavy atom. The number of furan rings is 1. The Bertz CT molecular complexity index is 1930. The highest BCUT2D eigenvalue weighted by atomic mass is 35.5. The van der Waals surface area contributed by atoms with E-state index in [9.17, 15) is 4.79 Å². The number of rotatable bonds is 3. The molecular weight excluding hydrogens is 535 g/mol. The van der Waals surface area contributed by atoms with Crippen LogP contribution in [-0.4, -0.2) is 4.57 Å². The number of aromatic nitrogens is 1. The van der Waals surface area contributed by atoms with Crippen LogP contribution in [0.15, 0.2) is 105 Å². The number of benzene rings is 3. The molecule has 0 bridgehead atoms. The fraction of sp³-hybridized carbons (Fsp3) is 0.0968. The molecular formula is C31H20Cl2N2O2S. The molecule has 0 radical (unpaired) electrons. The summed E-state index contributed by atoms with van der Waals surface area (Å²) < 4.78 is 8.48. The van der Waals surface area contributed by atoms with E-state index in [1.807, 2.05) is 41.0 Å². The molecule has 0 amide bonds. The number of hydrogen-bond donors (Lipinski definition) is 0. The second kappa shape index (κ2) is 9.28. The van der Waals surface area contributed by atoms with E-state index in [4.69, 9.17) is 32.6 Å². The van der Waals surface area contributed by atoms with Gasteiger partial charge in [0.2, 0.25) is 0 Å². The lowest BCUT2D eigenvalue weighted by Crippen LogP contribution is -2.38. The zero-order chi connectivity index (χ0) is 25.8. The monoisotopic (exact) mass is 554 g/mol. The molecule has 0 spiro atoms. The highest BCUT2D eigenvalue weighted by Crippen LogP contribution is 2.41. The molecule has 2 aromatic heterocycles. The van der Waals surface area contributed by atoms with Gasteiger partial charge in [-0.25, -0.2) is 4.99 Å². The largest absolute Gasteiger partial charge is 0.457 e. The van der Waals surface area contributed by atoms with Crippen LogP contribution in [0.3, 0.4) is 0 Å². The highest BCUT2D eigenvalue weighted by Gasteiger charge is 2.32. The van der Waals surface area contributed by atoms with Gasteiger partial charge in [0, 0.05) is 22.2 Å². The van der Waals surface area contributed by atoms with Crippen molar-refractivity contribution in [2.75, 3.05) is 0 Å². The van der Waals surface area contributed by atoms with Crippen molar-refractivity contribution in [2.45, 2.75) is 18.9 Å². The Balaban J connectivity index is 1.39. The Kier molecular flexibility index (Phi) is 5.73. The summed E-state index contributed by atoms with van der Waals surface area (Å²) in [5, 5.41) is 1.07. The minimum absolute atomic E-state index is 0.0736. The van der Waals surface area contributed by atoms with Gasteiger partial charge in [0.25, 0.3) is 5.56 Å². The van der Waals surface area contributed by atoms with Gasteiger partial charge in [-0.05, 0) is 59.9 Å². The van der Waals surface area contributed by atoms with Crippen molar-refractivity contribution in [1.82, 2.24) is 4.57 Å². The fourth-order valence-corrected chi connectivity index (χ4v) is 6.83. The quantitative estimate of drug-likeness (QED) is 0.244. The van der Waals surface area contributed by atoms with Crippen LogP contribution in [0.4, 0.5) is 0 Å². The molecule has 1 aliphatic heterocycles. The molecule has 0 unspecified atom stereocenters. The molecule has 186 valence electrons. The van der Waals surface area contributed by atoms with Crippen LogP contribution >= 0.6 is 34.5 Å². The van der Waals surface area contributed by atoms with E-state index in [-0.39, 0.29) is 11.6 Å². The minimum Gasteiger partial charge on any atom is -0.457 e. The van der Waals surface area contributed by atoms with Crippen molar-refractivity contribution in [2.24, 2.45) is 4.99 Å². The first-order chi connectivity index (χ1) is 18.6. The molecule has 1 aliphatic carbocycles. The number of thiazole rings is 1. The van der Waals surface area contributed by atoms with Gasteiger partial charge in [0.1, 0.15) is 11.5 Å². The second-order valence-electron chi connectivity index (χ2n) is 9.35. The lowest BCUT2D eigenvalue weighted by atomic mass is 9.83. The predicted molar refractivity (Wildman–Crippen MR) is 153 cm³/mol. The number of allylic oxidation sites excluding steroid dienone is 1. The third-order valence-corrected chi connectivity index (χ3v) is 8.62. The van der Waals surface area contributed by atoms with Gasteiger partial charge in [0.15, 0.2) is 4.80 Å². The van der Waals surface area contributed by atoms with Crippen LogP contribution in [-0.2, 0) is 6.42 Å². The molecule has 3 aromatic carbocycles. The van der Waals surface area contributed by atoms with Gasteiger partial charge in [-0.1, -0.05) is 89.1 Å². The van der Waals surface area contributed by atoms with E-state index >= 15 is 0 Å². The number of fused-ring (bicyclic) bond motifs is 3. The van der Waals surface area contributed by atoms with Gasteiger partial charge in [-0.3, -0.25) is 9.36 Å². The summed E-state index contributed by atoms with van der Waals surface area (Å²) in [7, 11) is 0. The SMILES string of the molecule is O=c1/c(=C\c2ccc(-c3ccc(Cl)cc3Cl)o2)sc2n1[C@H](c1ccccc1)C1=C(N=2)c2ccccc2CC1. The summed E-state index contributed by atoms with van der Waals surface area (Å²) >= 11 is 13.8. The molecule has 0 saturated heterocycles. The fourth-order valence-electron chi connectivity index (χ4n) is 5.35. The first-order valence-electron chi connectivity index (χ1n) is 12.3. The number of aryl methyl sites for hydroxylation is 1. The normalized spacial score (nSPS) is 16.6. The Morgan fingerprint density at radius 2 is 1.74 bits per heavy atom. The van der Waals surface area contributed by atoms with Crippen LogP contribution in [0.5, 0.6) is 0 Å². The number of nitrogens with zero attached hydrogens (tertiary/aromatic N) is 2. The van der Waals surface area contributed by atoms with E-state index in [2.05, 4.69) is 36.4 Å². The Labute approximate surface area is 232 Å². The predicted octanol–water partition coefficient (Wildman–Crippen LogP) is 6.89. The van der Waals surface area contributed by atoms with E-state index in [1.54, 1.807) is 18.2 Å². The summed E-state index contributed by atoms with van der Waals surface area (Å²) in [6.07, 6.45) is 3.58. The summed E-state index contributed by atoms with van der Waals surface area (Å²) in [4.78, 5) is 19.6. The maximum Gasteiger partial charge on any atom is 0.271 e. The van der Waals surface area contributed by atoms with Crippen molar-refractivity contribution in [3.63, 3.8) is 0 Å². The first kappa shape index (κ1) is 23.5. The lowest BCUT2D eigenvalue weighted by molar-refractivity contribution is 0.570. The number of hydrogen-bond acceptors (Lipinski definition) is 4. The summed E-state index contributed by atoms with van der Waals surface area (Å²) in [5.74, 6) is 1.18. The zero-order valence-corrected chi connectivity index (χ0v) is 22.4. The van der Waals surface area contributed by atoms with Crippen LogP contribution < -0.4 is 14.9 Å². The van der Waals surface area contributed by atoms with E-state index < -0.39 is 0 Å². The smallest absolute Gasteiger partial charge is 0.271 e. The van der Waals surface area contributed by atoms with E-state index in [1.165, 1.54) is 22.5 Å². The van der Waals surface area contributed by atoms with Crippen molar-refractivity contribution in [3.8, 4) is 11.3 Å². The third-order valence-electron chi connectivity index (χ3n) is 7.08. The molecule has 0 N–H and O–H groups in total. The standard InChI is InChI=1S/C31H20Cl2N2O2S/c32-20-11-14-23(25(33)16-20)26-15-12-21(37-26)17-27-30(36)35-29(19-7-2-1-3-8-19)24-13-10-18-6-4-5-9-22(18)28(24)34-31(35)38-27/h1-9,11-12,14-17,29H,10,13H2/b27-17+/t29-/m1/s1. The number of halogens is 2. The third kappa shape index (κ3) is 3.90. The average molecular weight is 555 g/mol. The van der Waals surface area contributed by atoms with Crippen LogP contribution in [0, 0.1) is 0 Å². The topological polar surface area (TPSA) is 47.5 Å². The maximum absolute atomic E-state index is 13.9. The lowest BCUT2D eigenvalue weighted by Gasteiger charge is -2.30. The molecule has 3 heterocycles. The molecule has 38 heavy (non-hydrogen) atoms. The Hall–Kier alpha value is -3.64. The van der Waals surface area contributed by atoms with Gasteiger partial charge in [0.05, 0.1) is 21.3 Å². The molecule has 7 heteroatoms. The van der Waals surface area contributed by atoms with E-state index in [0.29, 0.717) is 30.9 Å².